The first-order chi connectivity index (χ1) is 8.59. The smallest absolute Gasteiger partial charge is 0.238 e. The average Bonchev–Trinajstić information content (AvgIpc) is 2.78. The van der Waals surface area contributed by atoms with Crippen LogP contribution in [-0.4, -0.2) is 30.4 Å². The van der Waals surface area contributed by atoms with E-state index in [1.54, 1.807) is 30.2 Å². The van der Waals surface area contributed by atoms with Crippen molar-refractivity contribution in [1.29, 1.82) is 0 Å². The van der Waals surface area contributed by atoms with Crippen molar-refractivity contribution in [3.05, 3.63) is 35.2 Å². The molecule has 0 bridgehead atoms. The number of nitrogens with two attached hydrogens (primary N) is 1. The number of likely N-dealkylation sites (N-methyl/N-ethyl adjacent to an activating group) is 1. The molecule has 1 aromatic heterocycles. The van der Waals surface area contributed by atoms with E-state index >= 15 is 0 Å². The average molecular weight is 262 g/mol. The summed E-state index contributed by atoms with van der Waals surface area (Å²) in [6.45, 7) is 2.43. The molecule has 1 aromatic carbocycles. The van der Waals surface area contributed by atoms with Crippen LogP contribution < -0.4 is 5.73 Å². The van der Waals surface area contributed by atoms with Crippen molar-refractivity contribution in [2.75, 3.05) is 13.6 Å². The van der Waals surface area contributed by atoms with Crippen molar-refractivity contribution < 1.29 is 4.79 Å². The monoisotopic (exact) mass is 262 g/mol. The van der Waals surface area contributed by atoms with E-state index in [4.69, 9.17) is 5.73 Å². The van der Waals surface area contributed by atoms with Gasteiger partial charge in [0.2, 0.25) is 5.91 Å². The van der Waals surface area contributed by atoms with Crippen LogP contribution in [0.25, 0.3) is 10.1 Å². The number of amides is 1. The molecule has 1 heterocycles. The molecule has 0 spiro atoms. The highest BCUT2D eigenvalue weighted by molar-refractivity contribution is 7.17. The Morgan fingerprint density at radius 2 is 2.17 bits per heavy atom. The lowest BCUT2D eigenvalue weighted by Crippen LogP contribution is -2.40. The molecule has 2 rings (SSSR count). The molecule has 96 valence electrons. The maximum absolute atomic E-state index is 11.7. The second kappa shape index (κ2) is 5.50. The zero-order valence-corrected chi connectivity index (χ0v) is 11.5. The minimum Gasteiger partial charge on any atom is -0.344 e. The first-order valence-electron chi connectivity index (χ1n) is 6.05. The van der Waals surface area contributed by atoms with Crippen molar-refractivity contribution in [2.24, 2.45) is 5.73 Å². The summed E-state index contributed by atoms with van der Waals surface area (Å²) in [5, 5.41) is 3.47. The topological polar surface area (TPSA) is 46.3 Å². The Morgan fingerprint density at radius 1 is 1.44 bits per heavy atom. The number of rotatable bonds is 4. The van der Waals surface area contributed by atoms with Crippen LogP contribution in [0.15, 0.2) is 29.6 Å². The summed E-state index contributed by atoms with van der Waals surface area (Å²) in [5.41, 5.74) is 6.89. The Morgan fingerprint density at radius 3 is 2.89 bits per heavy atom. The number of benzene rings is 1. The normalized spacial score (nSPS) is 12.6. The molecule has 0 saturated carbocycles. The second-order valence-electron chi connectivity index (χ2n) is 4.56. The molecule has 0 aliphatic rings. The molecule has 3 nitrogen and oxygen atoms in total. The number of thiophene rings is 1. The fourth-order valence-electron chi connectivity index (χ4n) is 1.97. The molecule has 18 heavy (non-hydrogen) atoms. The molecule has 4 heteroatoms. The van der Waals surface area contributed by atoms with E-state index in [1.807, 2.05) is 6.07 Å². The van der Waals surface area contributed by atoms with Crippen LogP contribution >= 0.6 is 11.3 Å². The standard InChI is InChI=1S/C14H18N2OS/c1-10(15)14(17)16(2)8-7-11-9-18-13-6-4-3-5-12(11)13/h3-6,9-10H,7-8,15H2,1-2H3. The van der Waals surface area contributed by atoms with E-state index in [0.717, 1.165) is 6.42 Å². The maximum atomic E-state index is 11.7. The van der Waals surface area contributed by atoms with Crippen LogP contribution in [0, 0.1) is 0 Å². The van der Waals surface area contributed by atoms with E-state index in [0.29, 0.717) is 6.54 Å². The van der Waals surface area contributed by atoms with E-state index < -0.39 is 6.04 Å². The van der Waals surface area contributed by atoms with Crippen LogP contribution in [0.2, 0.25) is 0 Å². The van der Waals surface area contributed by atoms with E-state index in [9.17, 15) is 4.79 Å². The van der Waals surface area contributed by atoms with Gasteiger partial charge in [-0.05, 0) is 35.7 Å². The highest BCUT2D eigenvalue weighted by Crippen LogP contribution is 2.25. The highest BCUT2D eigenvalue weighted by Gasteiger charge is 2.13. The number of carbonyl (C=O) groups is 1. The first-order valence-corrected chi connectivity index (χ1v) is 6.93. The lowest BCUT2D eigenvalue weighted by atomic mass is 10.1. The summed E-state index contributed by atoms with van der Waals surface area (Å²) in [4.78, 5) is 13.4. The Hall–Kier alpha value is -1.39. The second-order valence-corrected chi connectivity index (χ2v) is 5.47. The first kappa shape index (κ1) is 13.1. The third-order valence-corrected chi connectivity index (χ3v) is 4.06. The van der Waals surface area contributed by atoms with Crippen LogP contribution in [-0.2, 0) is 11.2 Å². The number of fused-ring (bicyclic) bond motifs is 1. The van der Waals surface area contributed by atoms with E-state index in [2.05, 4.69) is 23.6 Å². The summed E-state index contributed by atoms with van der Waals surface area (Å²) >= 11 is 1.75. The lowest BCUT2D eigenvalue weighted by molar-refractivity contribution is -0.130. The van der Waals surface area contributed by atoms with Crippen LogP contribution in [0.5, 0.6) is 0 Å². The summed E-state index contributed by atoms with van der Waals surface area (Å²) in [6, 6.07) is 7.94. The van der Waals surface area contributed by atoms with Crippen LogP contribution in [0.1, 0.15) is 12.5 Å². The minimum absolute atomic E-state index is 0.00506. The Bertz CT molecular complexity index is 547. The SMILES string of the molecule is CC(N)C(=O)N(C)CCc1csc2ccccc12. The molecule has 0 radical (unpaired) electrons. The fourth-order valence-corrected chi connectivity index (χ4v) is 2.97. The van der Waals surface area contributed by atoms with Gasteiger partial charge in [-0.2, -0.15) is 0 Å². The molecule has 2 aromatic rings. The van der Waals surface area contributed by atoms with Crippen molar-refractivity contribution in [3.63, 3.8) is 0 Å². The maximum Gasteiger partial charge on any atom is 0.238 e. The Kier molecular flexibility index (Phi) is 3.99. The molecular weight excluding hydrogens is 244 g/mol. The van der Waals surface area contributed by atoms with Gasteiger partial charge in [-0.15, -0.1) is 11.3 Å². The van der Waals surface area contributed by atoms with Gasteiger partial charge in [-0.25, -0.2) is 0 Å². The zero-order valence-electron chi connectivity index (χ0n) is 10.7. The largest absolute Gasteiger partial charge is 0.344 e. The zero-order chi connectivity index (χ0) is 13.1. The predicted molar refractivity (Wildman–Crippen MR) is 76.8 cm³/mol. The summed E-state index contributed by atoms with van der Waals surface area (Å²) in [5.74, 6) is -0.00506. The summed E-state index contributed by atoms with van der Waals surface area (Å²) < 4.78 is 1.30. The minimum atomic E-state index is -0.422. The fraction of sp³-hybridized carbons (Fsp3) is 0.357. The molecule has 0 aliphatic carbocycles. The van der Waals surface area contributed by atoms with Gasteiger partial charge in [0.25, 0.3) is 0 Å². The molecule has 1 amide bonds. The third-order valence-electron chi connectivity index (χ3n) is 3.04. The van der Waals surface area contributed by atoms with E-state index in [1.165, 1.54) is 15.6 Å². The summed E-state index contributed by atoms with van der Waals surface area (Å²) in [6.07, 6.45) is 0.874. The Balaban J connectivity index is 2.04. The number of hydrogen-bond acceptors (Lipinski definition) is 3. The molecule has 0 aliphatic heterocycles. The Labute approximate surface area is 111 Å². The molecule has 1 unspecified atom stereocenters. The van der Waals surface area contributed by atoms with Gasteiger partial charge in [-0.1, -0.05) is 18.2 Å². The van der Waals surface area contributed by atoms with Gasteiger partial charge in [-0.3, -0.25) is 4.79 Å². The molecule has 0 saturated heterocycles. The van der Waals surface area contributed by atoms with Crippen molar-refractivity contribution >= 4 is 27.3 Å². The van der Waals surface area contributed by atoms with Gasteiger partial charge >= 0.3 is 0 Å². The number of hydrogen-bond donors (Lipinski definition) is 1. The predicted octanol–water partition coefficient (Wildman–Crippen LogP) is 2.25. The van der Waals surface area contributed by atoms with Crippen molar-refractivity contribution in [2.45, 2.75) is 19.4 Å². The van der Waals surface area contributed by atoms with Gasteiger partial charge in [0, 0.05) is 18.3 Å². The van der Waals surface area contributed by atoms with Crippen molar-refractivity contribution in [3.8, 4) is 0 Å². The third kappa shape index (κ3) is 2.71. The summed E-state index contributed by atoms with van der Waals surface area (Å²) in [7, 11) is 1.81. The number of nitrogens with zero attached hydrogens (tertiary/aromatic N) is 1. The highest BCUT2D eigenvalue weighted by atomic mass is 32.1. The van der Waals surface area contributed by atoms with E-state index in [-0.39, 0.29) is 5.91 Å². The van der Waals surface area contributed by atoms with Gasteiger partial charge < -0.3 is 10.6 Å². The molecule has 0 fully saturated rings. The van der Waals surface area contributed by atoms with Crippen LogP contribution in [0.3, 0.4) is 0 Å². The quantitative estimate of drug-likeness (QED) is 0.918. The van der Waals surface area contributed by atoms with Gasteiger partial charge in [0.05, 0.1) is 6.04 Å². The molecular formula is C14H18N2OS. The van der Waals surface area contributed by atoms with Crippen LogP contribution in [0.4, 0.5) is 0 Å². The van der Waals surface area contributed by atoms with Crippen molar-refractivity contribution in [1.82, 2.24) is 4.90 Å². The molecule has 1 atom stereocenters. The molecule has 2 N–H and O–H groups in total. The lowest BCUT2D eigenvalue weighted by Gasteiger charge is -2.18. The number of carbonyl (C=O) groups excluding carboxylic acids is 1. The van der Waals surface area contributed by atoms with Gasteiger partial charge in [0.15, 0.2) is 0 Å². The van der Waals surface area contributed by atoms with Gasteiger partial charge in [0.1, 0.15) is 0 Å².